The van der Waals surface area contributed by atoms with Crippen LogP contribution >= 0.6 is 11.3 Å². The van der Waals surface area contributed by atoms with Gasteiger partial charge in [-0.05, 0) is 6.92 Å². The minimum Gasteiger partial charge on any atom is -0.477 e. The van der Waals surface area contributed by atoms with Crippen LogP contribution in [0.15, 0.2) is 18.1 Å². The number of thiazole rings is 1. The number of aryl methyl sites for hydroxylation is 2. The van der Waals surface area contributed by atoms with E-state index in [1.165, 1.54) is 16.2 Å². The number of imidazole rings is 1. The van der Waals surface area contributed by atoms with Gasteiger partial charge in [-0.1, -0.05) is 18.3 Å². The van der Waals surface area contributed by atoms with Gasteiger partial charge in [-0.25, -0.2) is 9.36 Å². The zero-order chi connectivity index (χ0) is 18.2. The third-order valence-electron chi connectivity index (χ3n) is 5.50. The topological polar surface area (TPSA) is 86.1 Å². The SMILES string of the molecule is Cc1n2cc(C3=C(C(=O)O)N4C(=O)[C@H]([C@@H](C)O)[C@H]4[C@H]3C)sc2c[n+]1C. The highest BCUT2D eigenvalue weighted by atomic mass is 32.1. The first-order valence-corrected chi connectivity index (χ1v) is 9.01. The van der Waals surface area contributed by atoms with Crippen molar-refractivity contribution in [2.75, 3.05) is 0 Å². The van der Waals surface area contributed by atoms with E-state index in [0.717, 1.165) is 15.5 Å². The van der Waals surface area contributed by atoms with E-state index in [-0.39, 0.29) is 23.6 Å². The van der Waals surface area contributed by atoms with Gasteiger partial charge in [-0.15, -0.1) is 0 Å². The van der Waals surface area contributed by atoms with E-state index < -0.39 is 18.0 Å². The Bertz CT molecular complexity index is 955. The number of fused-ring (bicyclic) bond motifs is 2. The molecule has 0 spiro atoms. The molecule has 2 aromatic rings. The molecular weight excluding hydrogens is 342 g/mol. The zero-order valence-electron chi connectivity index (χ0n) is 14.4. The average molecular weight is 362 g/mol. The summed E-state index contributed by atoms with van der Waals surface area (Å²) in [6, 6.07) is -0.285. The number of carbonyl (C=O) groups excluding carboxylic acids is 1. The Morgan fingerprint density at radius 3 is 2.68 bits per heavy atom. The van der Waals surface area contributed by atoms with E-state index in [1.807, 2.05) is 42.3 Å². The minimum absolute atomic E-state index is 0.0610. The number of nitrogens with zero attached hydrogens (tertiary/aromatic N) is 3. The third kappa shape index (κ3) is 1.98. The monoisotopic (exact) mass is 362 g/mol. The number of amides is 1. The predicted molar refractivity (Wildman–Crippen MR) is 90.7 cm³/mol. The van der Waals surface area contributed by atoms with Crippen molar-refractivity contribution < 1.29 is 24.4 Å². The maximum absolute atomic E-state index is 12.4. The Balaban J connectivity index is 1.86. The van der Waals surface area contributed by atoms with Crippen molar-refractivity contribution in [3.8, 4) is 0 Å². The first-order valence-electron chi connectivity index (χ1n) is 8.20. The molecule has 0 aromatic carbocycles. The molecule has 0 bridgehead atoms. The van der Waals surface area contributed by atoms with Gasteiger partial charge in [0.2, 0.25) is 10.7 Å². The predicted octanol–water partition coefficient (Wildman–Crippen LogP) is 0.787. The molecule has 4 heterocycles. The van der Waals surface area contributed by atoms with Crippen LogP contribution < -0.4 is 4.57 Å². The number of hydrogen-bond donors (Lipinski definition) is 2. The largest absolute Gasteiger partial charge is 0.477 e. The molecule has 4 atom stereocenters. The summed E-state index contributed by atoms with van der Waals surface area (Å²) in [6.45, 7) is 5.52. The number of aliphatic carboxylic acids is 1. The molecule has 2 aliphatic rings. The van der Waals surface area contributed by atoms with Gasteiger partial charge in [0.25, 0.3) is 5.82 Å². The summed E-state index contributed by atoms with van der Waals surface area (Å²) in [5, 5.41) is 19.7. The summed E-state index contributed by atoms with van der Waals surface area (Å²) in [5.74, 6) is -1.03. The van der Waals surface area contributed by atoms with E-state index in [0.29, 0.717) is 5.57 Å². The van der Waals surface area contributed by atoms with Crippen molar-refractivity contribution in [1.29, 1.82) is 0 Å². The van der Waals surface area contributed by atoms with E-state index in [4.69, 9.17) is 0 Å². The molecule has 2 aromatic heterocycles. The molecule has 132 valence electrons. The van der Waals surface area contributed by atoms with Crippen LogP contribution in [-0.4, -0.2) is 43.5 Å². The Labute approximate surface area is 148 Å². The van der Waals surface area contributed by atoms with Gasteiger partial charge in [0.15, 0.2) is 0 Å². The Kier molecular flexibility index (Phi) is 3.36. The van der Waals surface area contributed by atoms with Crippen LogP contribution in [0.25, 0.3) is 10.4 Å². The molecule has 0 unspecified atom stereocenters. The third-order valence-corrected chi connectivity index (χ3v) is 6.56. The molecule has 0 aliphatic carbocycles. The van der Waals surface area contributed by atoms with Gasteiger partial charge >= 0.3 is 5.97 Å². The van der Waals surface area contributed by atoms with Gasteiger partial charge in [-0.2, -0.15) is 4.40 Å². The summed E-state index contributed by atoms with van der Waals surface area (Å²) >= 11 is 1.52. The summed E-state index contributed by atoms with van der Waals surface area (Å²) in [5.41, 5.74) is 0.746. The normalized spacial score (nSPS) is 27.0. The van der Waals surface area contributed by atoms with E-state index in [2.05, 4.69) is 0 Å². The number of rotatable bonds is 3. The van der Waals surface area contributed by atoms with Gasteiger partial charge in [-0.3, -0.25) is 4.79 Å². The van der Waals surface area contributed by atoms with Crippen LogP contribution in [0.1, 0.15) is 24.5 Å². The number of carboxylic acid groups (broad SMARTS) is 1. The lowest BCUT2D eigenvalue weighted by molar-refractivity contribution is -0.676. The Morgan fingerprint density at radius 2 is 2.12 bits per heavy atom. The highest BCUT2D eigenvalue weighted by Crippen LogP contribution is 2.51. The summed E-state index contributed by atoms with van der Waals surface area (Å²) in [6.07, 6.45) is 3.16. The lowest BCUT2D eigenvalue weighted by Gasteiger charge is -2.46. The van der Waals surface area contributed by atoms with Crippen LogP contribution in [0.4, 0.5) is 0 Å². The fourth-order valence-corrected chi connectivity index (χ4v) is 5.43. The number of aromatic nitrogens is 2. The van der Waals surface area contributed by atoms with Crippen LogP contribution in [-0.2, 0) is 16.6 Å². The van der Waals surface area contributed by atoms with Crippen molar-refractivity contribution in [3.63, 3.8) is 0 Å². The summed E-state index contributed by atoms with van der Waals surface area (Å²) in [4.78, 5) is 27.5. The molecule has 1 amide bonds. The minimum atomic E-state index is -1.10. The number of β-lactam (4-membered cyclic amide) rings is 1. The molecular formula is C17H20N3O4S+. The lowest BCUT2D eigenvalue weighted by Crippen LogP contribution is -2.63. The number of carbonyl (C=O) groups is 2. The molecule has 2 N–H and O–H groups in total. The van der Waals surface area contributed by atoms with Crippen LogP contribution in [0.3, 0.4) is 0 Å². The van der Waals surface area contributed by atoms with E-state index in [1.54, 1.807) is 6.92 Å². The highest BCUT2D eigenvalue weighted by molar-refractivity contribution is 7.18. The second kappa shape index (κ2) is 5.15. The highest BCUT2D eigenvalue weighted by Gasteiger charge is 2.60. The number of aliphatic hydroxyl groups is 1. The van der Waals surface area contributed by atoms with Crippen molar-refractivity contribution in [2.24, 2.45) is 18.9 Å². The molecule has 1 saturated heterocycles. The van der Waals surface area contributed by atoms with Crippen molar-refractivity contribution in [3.05, 3.63) is 28.8 Å². The Hall–Kier alpha value is -2.19. The van der Waals surface area contributed by atoms with Gasteiger partial charge in [0.1, 0.15) is 18.1 Å². The molecule has 7 nitrogen and oxygen atoms in total. The quantitative estimate of drug-likeness (QED) is 0.624. The Morgan fingerprint density at radius 1 is 1.44 bits per heavy atom. The van der Waals surface area contributed by atoms with Crippen LogP contribution in [0, 0.1) is 18.8 Å². The molecule has 1 fully saturated rings. The smallest absolute Gasteiger partial charge is 0.352 e. The number of aliphatic hydroxyl groups excluding tert-OH is 1. The molecule has 0 saturated carbocycles. The summed E-state index contributed by atoms with van der Waals surface area (Å²) < 4.78 is 4.04. The van der Waals surface area contributed by atoms with E-state index in [9.17, 15) is 19.8 Å². The van der Waals surface area contributed by atoms with Crippen molar-refractivity contribution in [1.82, 2.24) is 9.30 Å². The molecule has 25 heavy (non-hydrogen) atoms. The molecule has 2 aliphatic heterocycles. The van der Waals surface area contributed by atoms with Gasteiger partial charge in [0.05, 0.1) is 30.0 Å². The average Bonchev–Trinajstić information content (AvgIpc) is 3.10. The van der Waals surface area contributed by atoms with Crippen LogP contribution in [0.2, 0.25) is 0 Å². The standard InChI is InChI=1S/C17H19N3O4S/c1-7-12(10-5-19-9(3)18(4)6-11(19)25-10)15(17(23)24)20-14(7)13(8(2)21)16(20)22/h5-8,13-14,21H,1-4H3/p+1/t7-,8+,13+,14+/m0/s1. The van der Waals surface area contributed by atoms with Gasteiger partial charge in [0, 0.05) is 18.4 Å². The molecule has 8 heteroatoms. The fourth-order valence-electron chi connectivity index (χ4n) is 4.16. The second-order valence-electron chi connectivity index (χ2n) is 6.91. The first-order chi connectivity index (χ1) is 11.7. The van der Waals surface area contributed by atoms with Crippen molar-refractivity contribution >= 4 is 33.6 Å². The van der Waals surface area contributed by atoms with Gasteiger partial charge < -0.3 is 15.1 Å². The fraction of sp³-hybridized carbons (Fsp3) is 0.471. The second-order valence-corrected chi connectivity index (χ2v) is 7.97. The van der Waals surface area contributed by atoms with E-state index >= 15 is 0 Å². The summed E-state index contributed by atoms with van der Waals surface area (Å²) in [7, 11) is 1.96. The van der Waals surface area contributed by atoms with Crippen molar-refractivity contribution in [2.45, 2.75) is 32.9 Å². The zero-order valence-corrected chi connectivity index (χ0v) is 15.2. The molecule has 4 rings (SSSR count). The maximum Gasteiger partial charge on any atom is 0.352 e. The first kappa shape index (κ1) is 16.3. The molecule has 0 radical (unpaired) electrons. The number of carboxylic acids is 1. The lowest BCUT2D eigenvalue weighted by atomic mass is 9.77. The number of hydrogen-bond acceptors (Lipinski definition) is 4. The maximum atomic E-state index is 12.4. The van der Waals surface area contributed by atoms with Crippen LogP contribution in [0.5, 0.6) is 0 Å².